The lowest BCUT2D eigenvalue weighted by Gasteiger charge is -2.16. The molecule has 0 bridgehead atoms. The molecule has 0 fully saturated rings. The van der Waals surface area contributed by atoms with Crippen molar-refractivity contribution in [2.75, 3.05) is 10.6 Å². The molecule has 0 aliphatic heterocycles. The quantitative estimate of drug-likeness (QED) is 0.610. The first kappa shape index (κ1) is 19.2. The maximum atomic E-state index is 11.2. The van der Waals surface area contributed by atoms with Crippen LogP contribution in [0.5, 0.6) is 0 Å². The molecule has 2 aromatic heterocycles. The second-order valence-corrected chi connectivity index (χ2v) is 9.08. The molecular weight excluding hydrogens is 380 g/mol. The molecule has 2 N–H and O–H groups in total. The number of aromatic nitrogens is 4. The number of hydrogen-bond donors (Lipinski definition) is 2. The summed E-state index contributed by atoms with van der Waals surface area (Å²) in [4.78, 5) is 20.1. The summed E-state index contributed by atoms with van der Waals surface area (Å²) >= 11 is 2.90. The van der Waals surface area contributed by atoms with Crippen molar-refractivity contribution in [1.29, 1.82) is 0 Å². The van der Waals surface area contributed by atoms with Gasteiger partial charge in [0, 0.05) is 29.9 Å². The van der Waals surface area contributed by atoms with Crippen molar-refractivity contribution in [3.05, 3.63) is 42.4 Å². The van der Waals surface area contributed by atoms with E-state index in [9.17, 15) is 4.79 Å². The maximum absolute atomic E-state index is 11.2. The number of nitrogens with one attached hydrogen (secondary N) is 2. The van der Waals surface area contributed by atoms with Gasteiger partial charge >= 0.3 is 0 Å². The minimum Gasteiger partial charge on any atom is -0.330 e. The van der Waals surface area contributed by atoms with Gasteiger partial charge in [0.2, 0.25) is 11.0 Å². The fourth-order valence-corrected chi connectivity index (χ4v) is 3.83. The molecule has 0 saturated carbocycles. The minimum absolute atomic E-state index is 0.108. The van der Waals surface area contributed by atoms with Gasteiger partial charge in [-0.2, -0.15) is 0 Å². The number of carbonyl (C=O) groups is 1. The third-order valence-electron chi connectivity index (χ3n) is 3.33. The highest BCUT2D eigenvalue weighted by Crippen LogP contribution is 2.33. The predicted molar refractivity (Wildman–Crippen MR) is 109 cm³/mol. The van der Waals surface area contributed by atoms with Crippen LogP contribution >= 0.6 is 23.1 Å². The van der Waals surface area contributed by atoms with Gasteiger partial charge in [-0.1, -0.05) is 38.2 Å². The van der Waals surface area contributed by atoms with Crippen molar-refractivity contribution < 1.29 is 4.79 Å². The summed E-state index contributed by atoms with van der Waals surface area (Å²) in [6.07, 6.45) is 1.77. The zero-order valence-electron chi connectivity index (χ0n) is 15.5. The van der Waals surface area contributed by atoms with Crippen LogP contribution in [0.2, 0.25) is 0 Å². The molecular formula is C18H20N6OS2. The highest BCUT2D eigenvalue weighted by molar-refractivity contribution is 8.01. The Hall–Kier alpha value is -2.52. The van der Waals surface area contributed by atoms with Crippen molar-refractivity contribution in [3.63, 3.8) is 0 Å². The molecule has 7 nitrogen and oxygen atoms in total. The zero-order chi connectivity index (χ0) is 19.4. The minimum atomic E-state index is -0.110. The molecule has 0 unspecified atom stereocenters. The standard InChI is InChI=1S/C18H20N6OS2/c1-11(25)20-12-6-5-7-13(10-12)21-16-23-24-17(27-16)26-14-8-9-19-15(22-14)18(2,3)4/h5-10H,1-4H3,(H,20,25)(H,21,23). The Kier molecular flexibility index (Phi) is 5.71. The highest BCUT2D eigenvalue weighted by Gasteiger charge is 2.18. The first-order valence-electron chi connectivity index (χ1n) is 8.29. The summed E-state index contributed by atoms with van der Waals surface area (Å²) in [6, 6.07) is 9.30. The molecule has 9 heteroatoms. The van der Waals surface area contributed by atoms with Crippen LogP contribution in [0.1, 0.15) is 33.5 Å². The molecule has 0 saturated heterocycles. The average Bonchev–Trinajstić information content (AvgIpc) is 3.01. The topological polar surface area (TPSA) is 92.7 Å². The van der Waals surface area contributed by atoms with Crippen molar-refractivity contribution in [3.8, 4) is 0 Å². The largest absolute Gasteiger partial charge is 0.330 e. The van der Waals surface area contributed by atoms with E-state index in [4.69, 9.17) is 0 Å². The van der Waals surface area contributed by atoms with E-state index >= 15 is 0 Å². The number of benzene rings is 1. The van der Waals surface area contributed by atoms with E-state index in [1.807, 2.05) is 30.3 Å². The number of anilines is 3. The molecule has 27 heavy (non-hydrogen) atoms. The lowest BCUT2D eigenvalue weighted by Crippen LogP contribution is -2.15. The van der Waals surface area contributed by atoms with Crippen LogP contribution in [-0.4, -0.2) is 26.1 Å². The summed E-state index contributed by atoms with van der Waals surface area (Å²) in [6.45, 7) is 7.73. The summed E-state index contributed by atoms with van der Waals surface area (Å²) in [7, 11) is 0. The smallest absolute Gasteiger partial charge is 0.221 e. The Balaban J connectivity index is 1.70. The third-order valence-corrected chi connectivity index (χ3v) is 5.16. The van der Waals surface area contributed by atoms with E-state index in [1.54, 1.807) is 6.20 Å². The van der Waals surface area contributed by atoms with Crippen LogP contribution in [0.15, 0.2) is 45.9 Å². The molecule has 3 aromatic rings. The third kappa shape index (κ3) is 5.48. The Morgan fingerprint density at radius 1 is 1.15 bits per heavy atom. The van der Waals surface area contributed by atoms with Gasteiger partial charge in [0.15, 0.2) is 4.34 Å². The first-order chi connectivity index (χ1) is 12.8. The summed E-state index contributed by atoms with van der Waals surface area (Å²) in [5.41, 5.74) is 1.44. The number of nitrogens with zero attached hydrogens (tertiary/aromatic N) is 4. The van der Waals surface area contributed by atoms with Gasteiger partial charge in [0.1, 0.15) is 10.9 Å². The van der Waals surface area contributed by atoms with Gasteiger partial charge in [0.25, 0.3) is 0 Å². The normalized spacial score (nSPS) is 11.3. The van der Waals surface area contributed by atoms with Crippen molar-refractivity contribution in [2.24, 2.45) is 0 Å². The van der Waals surface area contributed by atoms with Crippen molar-refractivity contribution in [1.82, 2.24) is 20.2 Å². The van der Waals surface area contributed by atoms with Gasteiger partial charge in [-0.25, -0.2) is 9.97 Å². The number of rotatable bonds is 5. The number of hydrogen-bond acceptors (Lipinski definition) is 8. The van der Waals surface area contributed by atoms with Gasteiger partial charge < -0.3 is 10.6 Å². The molecule has 0 atom stereocenters. The summed E-state index contributed by atoms with van der Waals surface area (Å²) in [5, 5.41) is 15.9. The molecule has 140 valence electrons. The molecule has 0 aliphatic carbocycles. The SMILES string of the molecule is CC(=O)Nc1cccc(Nc2nnc(Sc3ccnc(C(C)(C)C)n3)s2)c1. The van der Waals surface area contributed by atoms with E-state index in [0.29, 0.717) is 5.13 Å². The second-order valence-electron chi connectivity index (χ2n) is 6.83. The molecule has 1 amide bonds. The van der Waals surface area contributed by atoms with Crippen LogP contribution in [0.4, 0.5) is 16.5 Å². The number of amides is 1. The average molecular weight is 401 g/mol. The van der Waals surface area contributed by atoms with E-state index in [0.717, 1.165) is 26.6 Å². The fourth-order valence-electron chi connectivity index (χ4n) is 2.15. The Labute approximate surface area is 166 Å². The van der Waals surface area contributed by atoms with Crippen LogP contribution in [-0.2, 0) is 10.2 Å². The lowest BCUT2D eigenvalue weighted by atomic mass is 9.96. The van der Waals surface area contributed by atoms with Crippen molar-refractivity contribution in [2.45, 2.75) is 42.5 Å². The lowest BCUT2D eigenvalue weighted by molar-refractivity contribution is -0.114. The number of carbonyl (C=O) groups excluding carboxylic acids is 1. The van der Waals surface area contributed by atoms with Crippen LogP contribution < -0.4 is 10.6 Å². The Bertz CT molecular complexity index is 951. The van der Waals surface area contributed by atoms with Crippen molar-refractivity contribution >= 4 is 45.5 Å². The molecule has 3 rings (SSSR count). The monoisotopic (exact) mass is 400 g/mol. The predicted octanol–water partition coefficient (Wildman–Crippen LogP) is 4.48. The van der Waals surface area contributed by atoms with E-state index in [2.05, 4.69) is 51.6 Å². The van der Waals surface area contributed by atoms with Crippen LogP contribution in [0.3, 0.4) is 0 Å². The second kappa shape index (κ2) is 8.01. The molecule has 0 radical (unpaired) electrons. The molecule has 0 spiro atoms. The first-order valence-corrected chi connectivity index (χ1v) is 9.92. The molecule has 1 aromatic carbocycles. The summed E-state index contributed by atoms with van der Waals surface area (Å²) in [5.74, 6) is 0.686. The zero-order valence-corrected chi connectivity index (χ0v) is 17.1. The fraction of sp³-hybridized carbons (Fsp3) is 0.278. The van der Waals surface area contributed by atoms with Crippen LogP contribution in [0, 0.1) is 0 Å². The summed E-state index contributed by atoms with van der Waals surface area (Å²) < 4.78 is 0.786. The molecule has 2 heterocycles. The van der Waals surface area contributed by atoms with E-state index < -0.39 is 0 Å². The van der Waals surface area contributed by atoms with E-state index in [1.165, 1.54) is 30.0 Å². The van der Waals surface area contributed by atoms with E-state index in [-0.39, 0.29) is 11.3 Å². The molecule has 0 aliphatic rings. The maximum Gasteiger partial charge on any atom is 0.221 e. The Morgan fingerprint density at radius 3 is 2.67 bits per heavy atom. The Morgan fingerprint density at radius 2 is 1.93 bits per heavy atom. The van der Waals surface area contributed by atoms with Crippen LogP contribution in [0.25, 0.3) is 0 Å². The van der Waals surface area contributed by atoms with Gasteiger partial charge in [0.05, 0.1) is 0 Å². The highest BCUT2D eigenvalue weighted by atomic mass is 32.2. The van der Waals surface area contributed by atoms with Gasteiger partial charge in [-0.3, -0.25) is 4.79 Å². The van der Waals surface area contributed by atoms with Gasteiger partial charge in [-0.05, 0) is 36.0 Å². The van der Waals surface area contributed by atoms with Gasteiger partial charge in [-0.15, -0.1) is 10.2 Å².